The lowest BCUT2D eigenvalue weighted by Gasteiger charge is -2.18. The van der Waals surface area contributed by atoms with Gasteiger partial charge in [0, 0.05) is 6.20 Å². The Morgan fingerprint density at radius 3 is 2.86 bits per heavy atom. The summed E-state index contributed by atoms with van der Waals surface area (Å²) in [7, 11) is 0. The monoisotopic (exact) mass is 193 g/mol. The van der Waals surface area contributed by atoms with Gasteiger partial charge >= 0.3 is 0 Å². The first-order valence-corrected chi connectivity index (χ1v) is 4.77. The van der Waals surface area contributed by atoms with Crippen LogP contribution in [0.2, 0.25) is 0 Å². The average Bonchev–Trinajstić information content (AvgIpc) is 2.21. The summed E-state index contributed by atoms with van der Waals surface area (Å²) < 4.78 is 0. The van der Waals surface area contributed by atoms with E-state index in [9.17, 15) is 4.79 Å². The number of carbonyl (C=O) groups excluding carboxylic acids is 1. The highest BCUT2D eigenvalue weighted by molar-refractivity contribution is 5.99. The van der Waals surface area contributed by atoms with Crippen LogP contribution in [0, 0.1) is 6.92 Å². The van der Waals surface area contributed by atoms with E-state index in [4.69, 9.17) is 0 Å². The molecule has 1 amide bonds. The molecule has 76 valence electrons. The summed E-state index contributed by atoms with van der Waals surface area (Å²) in [6.07, 6.45) is 1.68. The van der Waals surface area contributed by atoms with E-state index in [1.807, 2.05) is 26.8 Å². The van der Waals surface area contributed by atoms with E-state index >= 15 is 0 Å². The molecule has 4 nitrogen and oxygen atoms in total. The van der Waals surface area contributed by atoms with Crippen molar-refractivity contribution in [2.45, 2.75) is 20.8 Å². The molecule has 4 heteroatoms. The van der Waals surface area contributed by atoms with Gasteiger partial charge < -0.3 is 10.6 Å². The summed E-state index contributed by atoms with van der Waals surface area (Å²) in [5, 5.41) is 5.69. The molecule has 0 atom stereocenters. The summed E-state index contributed by atoms with van der Waals surface area (Å²) in [4.78, 5) is 15.0. The number of fused-ring (bicyclic) bond motifs is 1. The van der Waals surface area contributed by atoms with Crippen molar-refractivity contribution in [3.05, 3.63) is 17.8 Å². The molecule has 2 heterocycles. The molecule has 0 fully saturated rings. The van der Waals surface area contributed by atoms with E-state index < -0.39 is 0 Å². The maximum Gasteiger partial charge on any atom is 0.244 e. The van der Waals surface area contributed by atoms with Crippen LogP contribution in [0.1, 0.15) is 19.4 Å². The molecule has 2 N–H and O–H groups in total. The molecular weight excluding hydrogens is 178 g/mol. The molecule has 0 radical (unpaired) electrons. The lowest BCUT2D eigenvalue weighted by molar-refractivity contribution is -0.114. The molecule has 14 heavy (non-hydrogen) atoms. The standard InChI is InChI=1S/C8H9N3O.C2H6/c1-5-2-3-9-8-7(5)10-4-6(12)11-8;1-2/h2-3,10H,4H2,1H3,(H,9,11,12);1-2H3. The second kappa shape index (κ2) is 4.60. The van der Waals surface area contributed by atoms with Crippen LogP contribution in [0.15, 0.2) is 12.3 Å². The van der Waals surface area contributed by atoms with Crippen LogP contribution < -0.4 is 10.6 Å². The van der Waals surface area contributed by atoms with Gasteiger partial charge in [0.2, 0.25) is 5.91 Å². The van der Waals surface area contributed by atoms with Gasteiger partial charge in [0.25, 0.3) is 0 Å². The van der Waals surface area contributed by atoms with Gasteiger partial charge in [0.15, 0.2) is 5.82 Å². The van der Waals surface area contributed by atoms with Gasteiger partial charge in [-0.2, -0.15) is 0 Å². The third-order valence-electron chi connectivity index (χ3n) is 1.84. The molecule has 2 rings (SSSR count). The molecule has 0 bridgehead atoms. The lowest BCUT2D eigenvalue weighted by Crippen LogP contribution is -2.28. The predicted octanol–water partition coefficient (Wildman–Crippen LogP) is 1.78. The Bertz CT molecular complexity index is 336. The summed E-state index contributed by atoms with van der Waals surface area (Å²) in [5.41, 5.74) is 2.03. The summed E-state index contributed by atoms with van der Waals surface area (Å²) in [6, 6.07) is 1.91. The van der Waals surface area contributed by atoms with Gasteiger partial charge in [0.05, 0.1) is 12.2 Å². The van der Waals surface area contributed by atoms with E-state index in [0.717, 1.165) is 11.3 Å². The fraction of sp³-hybridized carbons (Fsp3) is 0.400. The number of pyridine rings is 1. The molecule has 0 aromatic carbocycles. The largest absolute Gasteiger partial charge is 0.373 e. The normalized spacial score (nSPS) is 12.9. The van der Waals surface area contributed by atoms with Crippen molar-refractivity contribution in [2.75, 3.05) is 17.2 Å². The molecule has 0 saturated heterocycles. The number of aromatic nitrogens is 1. The number of carbonyl (C=O) groups is 1. The first kappa shape index (κ1) is 10.5. The third-order valence-corrected chi connectivity index (χ3v) is 1.84. The van der Waals surface area contributed by atoms with Crippen LogP contribution in [0.5, 0.6) is 0 Å². The van der Waals surface area contributed by atoms with Crippen molar-refractivity contribution in [1.29, 1.82) is 0 Å². The van der Waals surface area contributed by atoms with Crippen LogP contribution in [0.3, 0.4) is 0 Å². The van der Waals surface area contributed by atoms with Crippen molar-refractivity contribution in [2.24, 2.45) is 0 Å². The highest BCUT2D eigenvalue weighted by Crippen LogP contribution is 2.24. The maximum atomic E-state index is 10.9. The topological polar surface area (TPSA) is 54.0 Å². The molecule has 1 aliphatic rings. The highest BCUT2D eigenvalue weighted by atomic mass is 16.2. The van der Waals surface area contributed by atoms with E-state index in [1.165, 1.54) is 0 Å². The predicted molar refractivity (Wildman–Crippen MR) is 57.4 cm³/mol. The molecule has 0 saturated carbocycles. The fourth-order valence-corrected chi connectivity index (χ4v) is 1.22. The smallest absolute Gasteiger partial charge is 0.244 e. The second-order valence-corrected chi connectivity index (χ2v) is 2.75. The zero-order chi connectivity index (χ0) is 10.6. The Balaban J connectivity index is 0.000000461. The Kier molecular flexibility index (Phi) is 3.45. The SMILES string of the molecule is CC.Cc1ccnc2c1NCC(=O)N2. The number of rotatable bonds is 0. The zero-order valence-electron chi connectivity index (χ0n) is 8.72. The van der Waals surface area contributed by atoms with E-state index in [1.54, 1.807) is 6.20 Å². The first-order chi connectivity index (χ1) is 6.77. The number of aryl methyl sites for hydroxylation is 1. The number of anilines is 2. The highest BCUT2D eigenvalue weighted by Gasteiger charge is 2.15. The molecule has 0 unspecified atom stereocenters. The van der Waals surface area contributed by atoms with Crippen LogP contribution in [0.25, 0.3) is 0 Å². The van der Waals surface area contributed by atoms with Gasteiger partial charge in [-0.25, -0.2) is 4.98 Å². The minimum absolute atomic E-state index is 0.0411. The average molecular weight is 193 g/mol. The number of amides is 1. The quantitative estimate of drug-likeness (QED) is 0.660. The summed E-state index contributed by atoms with van der Waals surface area (Å²) >= 11 is 0. The van der Waals surface area contributed by atoms with E-state index in [0.29, 0.717) is 12.4 Å². The van der Waals surface area contributed by atoms with Crippen molar-refractivity contribution in [1.82, 2.24) is 4.98 Å². The fourth-order valence-electron chi connectivity index (χ4n) is 1.22. The van der Waals surface area contributed by atoms with E-state index in [-0.39, 0.29) is 5.91 Å². The van der Waals surface area contributed by atoms with Crippen LogP contribution in [-0.4, -0.2) is 17.4 Å². The number of nitrogens with zero attached hydrogens (tertiary/aromatic N) is 1. The van der Waals surface area contributed by atoms with Crippen molar-refractivity contribution in [3.8, 4) is 0 Å². The Hall–Kier alpha value is -1.58. The van der Waals surface area contributed by atoms with Gasteiger partial charge in [-0.05, 0) is 18.6 Å². The molecule has 1 aliphatic heterocycles. The minimum Gasteiger partial charge on any atom is -0.373 e. The maximum absolute atomic E-state index is 10.9. The van der Waals surface area contributed by atoms with Crippen LogP contribution in [-0.2, 0) is 4.79 Å². The Morgan fingerprint density at radius 2 is 2.14 bits per heavy atom. The Morgan fingerprint density at radius 1 is 1.43 bits per heavy atom. The first-order valence-electron chi connectivity index (χ1n) is 4.77. The molecule has 1 aromatic heterocycles. The van der Waals surface area contributed by atoms with Crippen molar-refractivity contribution in [3.63, 3.8) is 0 Å². The molecule has 0 spiro atoms. The van der Waals surface area contributed by atoms with Crippen LogP contribution in [0.4, 0.5) is 11.5 Å². The molecule has 1 aromatic rings. The Labute approximate surface area is 83.7 Å². The number of hydrogen-bond donors (Lipinski definition) is 2. The van der Waals surface area contributed by atoms with Crippen LogP contribution >= 0.6 is 0 Å². The lowest BCUT2D eigenvalue weighted by atomic mass is 10.2. The van der Waals surface area contributed by atoms with Gasteiger partial charge in [0.1, 0.15) is 0 Å². The zero-order valence-corrected chi connectivity index (χ0v) is 8.72. The van der Waals surface area contributed by atoms with Gasteiger partial charge in [-0.15, -0.1) is 0 Å². The van der Waals surface area contributed by atoms with Gasteiger partial charge in [-0.1, -0.05) is 13.8 Å². The number of hydrogen-bond acceptors (Lipinski definition) is 3. The second-order valence-electron chi connectivity index (χ2n) is 2.75. The summed E-state index contributed by atoms with van der Waals surface area (Å²) in [5.74, 6) is 0.590. The third kappa shape index (κ3) is 2.02. The molecule has 0 aliphatic carbocycles. The van der Waals surface area contributed by atoms with Gasteiger partial charge in [-0.3, -0.25) is 4.79 Å². The summed E-state index contributed by atoms with van der Waals surface area (Å²) in [6.45, 7) is 6.31. The molecular formula is C10H15N3O. The number of nitrogens with one attached hydrogen (secondary N) is 2. The minimum atomic E-state index is -0.0411. The van der Waals surface area contributed by atoms with Crippen molar-refractivity contribution < 1.29 is 4.79 Å². The van der Waals surface area contributed by atoms with Crippen molar-refractivity contribution >= 4 is 17.4 Å². The van der Waals surface area contributed by atoms with E-state index in [2.05, 4.69) is 15.6 Å².